The van der Waals surface area contributed by atoms with Gasteiger partial charge in [0, 0.05) is 19.6 Å². The Kier molecular flexibility index (Phi) is 5.75. The Morgan fingerprint density at radius 3 is 2.47 bits per heavy atom. The van der Waals surface area contributed by atoms with Gasteiger partial charge < -0.3 is 15.1 Å². The molecule has 1 unspecified atom stereocenters. The fraction of sp³-hybridized carbons (Fsp3) is 1.00. The van der Waals surface area contributed by atoms with Crippen LogP contribution < -0.4 is 5.32 Å². The van der Waals surface area contributed by atoms with Crippen molar-refractivity contribution in [1.82, 2.24) is 15.1 Å². The maximum absolute atomic E-state index is 3.50. The molecule has 17 heavy (non-hydrogen) atoms. The van der Waals surface area contributed by atoms with Gasteiger partial charge in [0.15, 0.2) is 0 Å². The standard InChI is InChI=1S/C14H29N3/c1-2-15-12-14-6-5-9-17(13-14)11-10-16-7-3-4-8-16/h14-15H,2-13H2,1H3. The molecule has 2 aliphatic rings. The van der Waals surface area contributed by atoms with Crippen molar-refractivity contribution in [2.75, 3.05) is 52.4 Å². The van der Waals surface area contributed by atoms with E-state index in [9.17, 15) is 0 Å². The third-order valence-electron chi connectivity index (χ3n) is 4.22. The van der Waals surface area contributed by atoms with E-state index in [0.717, 1.165) is 12.5 Å². The van der Waals surface area contributed by atoms with Crippen molar-refractivity contribution in [3.05, 3.63) is 0 Å². The molecule has 1 atom stereocenters. The minimum Gasteiger partial charge on any atom is -0.317 e. The molecule has 3 nitrogen and oxygen atoms in total. The summed E-state index contributed by atoms with van der Waals surface area (Å²) in [4.78, 5) is 5.32. The smallest absolute Gasteiger partial charge is 0.0109 e. The van der Waals surface area contributed by atoms with E-state index >= 15 is 0 Å². The van der Waals surface area contributed by atoms with Gasteiger partial charge in [0.25, 0.3) is 0 Å². The van der Waals surface area contributed by atoms with Crippen molar-refractivity contribution < 1.29 is 0 Å². The molecule has 0 aromatic carbocycles. The highest BCUT2D eigenvalue weighted by Crippen LogP contribution is 2.16. The summed E-state index contributed by atoms with van der Waals surface area (Å²) in [5.41, 5.74) is 0. The summed E-state index contributed by atoms with van der Waals surface area (Å²) in [6, 6.07) is 0. The zero-order valence-electron chi connectivity index (χ0n) is 11.5. The number of hydrogen-bond acceptors (Lipinski definition) is 3. The number of piperidine rings is 1. The first-order valence-corrected chi connectivity index (χ1v) is 7.54. The van der Waals surface area contributed by atoms with Crippen molar-refractivity contribution in [2.45, 2.75) is 32.6 Å². The fourth-order valence-electron chi connectivity index (χ4n) is 3.16. The molecule has 0 saturated carbocycles. The van der Waals surface area contributed by atoms with Crippen LogP contribution >= 0.6 is 0 Å². The quantitative estimate of drug-likeness (QED) is 0.756. The minimum atomic E-state index is 0.891. The van der Waals surface area contributed by atoms with Gasteiger partial charge in [-0.3, -0.25) is 0 Å². The molecule has 2 fully saturated rings. The molecule has 0 bridgehead atoms. The van der Waals surface area contributed by atoms with Gasteiger partial charge >= 0.3 is 0 Å². The van der Waals surface area contributed by atoms with E-state index in [2.05, 4.69) is 22.0 Å². The maximum Gasteiger partial charge on any atom is 0.0109 e. The summed E-state index contributed by atoms with van der Waals surface area (Å²) >= 11 is 0. The lowest BCUT2D eigenvalue weighted by molar-refractivity contribution is 0.154. The topological polar surface area (TPSA) is 18.5 Å². The average molecular weight is 239 g/mol. The van der Waals surface area contributed by atoms with Gasteiger partial charge in [-0.25, -0.2) is 0 Å². The summed E-state index contributed by atoms with van der Waals surface area (Å²) in [6.07, 6.45) is 5.66. The van der Waals surface area contributed by atoms with Crippen LogP contribution in [0.15, 0.2) is 0 Å². The minimum absolute atomic E-state index is 0.891. The van der Waals surface area contributed by atoms with Crippen molar-refractivity contribution >= 4 is 0 Å². The number of nitrogens with zero attached hydrogens (tertiary/aromatic N) is 2. The van der Waals surface area contributed by atoms with Gasteiger partial charge in [-0.15, -0.1) is 0 Å². The normalized spacial score (nSPS) is 27.7. The molecule has 0 aliphatic carbocycles. The number of nitrogens with one attached hydrogen (secondary N) is 1. The van der Waals surface area contributed by atoms with Gasteiger partial charge in [0.1, 0.15) is 0 Å². The fourth-order valence-corrected chi connectivity index (χ4v) is 3.16. The molecule has 0 spiro atoms. The second-order valence-corrected chi connectivity index (χ2v) is 5.67. The van der Waals surface area contributed by atoms with Gasteiger partial charge in [-0.1, -0.05) is 6.92 Å². The van der Waals surface area contributed by atoms with E-state index in [0.29, 0.717) is 0 Å². The van der Waals surface area contributed by atoms with Crippen LogP contribution in [-0.2, 0) is 0 Å². The molecule has 100 valence electrons. The Morgan fingerprint density at radius 2 is 1.71 bits per heavy atom. The molecular formula is C14H29N3. The third-order valence-corrected chi connectivity index (χ3v) is 4.22. The lowest BCUT2D eigenvalue weighted by atomic mass is 9.98. The van der Waals surface area contributed by atoms with E-state index in [1.807, 2.05) is 0 Å². The maximum atomic E-state index is 3.50. The molecule has 0 aromatic heterocycles. The highest BCUT2D eigenvalue weighted by Gasteiger charge is 2.20. The van der Waals surface area contributed by atoms with Crippen molar-refractivity contribution in [3.8, 4) is 0 Å². The van der Waals surface area contributed by atoms with Crippen LogP contribution in [0.4, 0.5) is 0 Å². The van der Waals surface area contributed by atoms with E-state index < -0.39 is 0 Å². The van der Waals surface area contributed by atoms with E-state index in [-0.39, 0.29) is 0 Å². The van der Waals surface area contributed by atoms with Crippen LogP contribution in [0.5, 0.6) is 0 Å². The van der Waals surface area contributed by atoms with Crippen LogP contribution in [0.2, 0.25) is 0 Å². The zero-order valence-corrected chi connectivity index (χ0v) is 11.5. The molecule has 2 rings (SSSR count). The first kappa shape index (κ1) is 13.3. The molecular weight excluding hydrogens is 210 g/mol. The Balaban J connectivity index is 1.62. The van der Waals surface area contributed by atoms with Crippen LogP contribution in [0.1, 0.15) is 32.6 Å². The second kappa shape index (κ2) is 7.34. The van der Waals surface area contributed by atoms with Crippen LogP contribution in [-0.4, -0.2) is 62.2 Å². The predicted molar refractivity (Wildman–Crippen MR) is 73.4 cm³/mol. The molecule has 2 saturated heterocycles. The van der Waals surface area contributed by atoms with Crippen molar-refractivity contribution in [2.24, 2.45) is 5.92 Å². The molecule has 1 N–H and O–H groups in total. The highest BCUT2D eigenvalue weighted by atomic mass is 15.2. The zero-order chi connectivity index (χ0) is 11.9. The largest absolute Gasteiger partial charge is 0.317 e. The SMILES string of the molecule is CCNCC1CCCN(CCN2CCCC2)C1. The van der Waals surface area contributed by atoms with E-state index in [1.54, 1.807) is 0 Å². The summed E-state index contributed by atoms with van der Waals surface area (Å²) < 4.78 is 0. The molecule has 2 aliphatic heterocycles. The van der Waals surface area contributed by atoms with Gasteiger partial charge in [0.2, 0.25) is 0 Å². The van der Waals surface area contributed by atoms with Crippen LogP contribution in [0.3, 0.4) is 0 Å². The molecule has 0 amide bonds. The molecule has 0 aromatic rings. The van der Waals surface area contributed by atoms with E-state index in [4.69, 9.17) is 0 Å². The second-order valence-electron chi connectivity index (χ2n) is 5.67. The number of likely N-dealkylation sites (tertiary alicyclic amines) is 2. The Bertz CT molecular complexity index is 202. The monoisotopic (exact) mass is 239 g/mol. The number of rotatable bonds is 6. The summed E-state index contributed by atoms with van der Waals surface area (Å²) in [7, 11) is 0. The third kappa shape index (κ3) is 4.57. The Morgan fingerprint density at radius 1 is 1.00 bits per heavy atom. The average Bonchev–Trinajstić information content (AvgIpc) is 2.87. The molecule has 0 radical (unpaired) electrons. The summed E-state index contributed by atoms with van der Waals surface area (Å²) in [5, 5.41) is 3.50. The first-order valence-electron chi connectivity index (χ1n) is 7.54. The molecule has 2 heterocycles. The van der Waals surface area contributed by atoms with Crippen LogP contribution in [0.25, 0.3) is 0 Å². The first-order chi connectivity index (χ1) is 8.38. The van der Waals surface area contributed by atoms with Crippen molar-refractivity contribution in [3.63, 3.8) is 0 Å². The lowest BCUT2D eigenvalue weighted by Crippen LogP contribution is -2.42. The highest BCUT2D eigenvalue weighted by molar-refractivity contribution is 4.76. The van der Waals surface area contributed by atoms with Gasteiger partial charge in [0.05, 0.1) is 0 Å². The van der Waals surface area contributed by atoms with Crippen molar-refractivity contribution in [1.29, 1.82) is 0 Å². The molecule has 3 heteroatoms. The summed E-state index contributed by atoms with van der Waals surface area (Å²) in [6.45, 7) is 12.5. The van der Waals surface area contributed by atoms with E-state index in [1.165, 1.54) is 71.5 Å². The van der Waals surface area contributed by atoms with Gasteiger partial charge in [-0.05, 0) is 64.3 Å². The lowest BCUT2D eigenvalue weighted by Gasteiger charge is -2.33. The summed E-state index contributed by atoms with van der Waals surface area (Å²) in [5.74, 6) is 0.891. The predicted octanol–water partition coefficient (Wildman–Crippen LogP) is 1.40. The van der Waals surface area contributed by atoms with Gasteiger partial charge in [-0.2, -0.15) is 0 Å². The Labute approximate surface area is 107 Å². The number of hydrogen-bond donors (Lipinski definition) is 1. The van der Waals surface area contributed by atoms with Crippen LogP contribution in [0, 0.1) is 5.92 Å². The Hall–Kier alpha value is -0.120.